The minimum absolute atomic E-state index is 0.00552. The largest absolute Gasteiger partial charge is 0.465 e. The molecule has 1 aromatic rings. The van der Waals surface area contributed by atoms with E-state index in [0.717, 1.165) is 23.2 Å². The van der Waals surface area contributed by atoms with Gasteiger partial charge in [0.15, 0.2) is 0 Å². The Morgan fingerprint density at radius 2 is 1.90 bits per heavy atom. The number of aryl methyl sites for hydroxylation is 2. The lowest BCUT2D eigenvalue weighted by molar-refractivity contribution is -0.159. The van der Waals surface area contributed by atoms with Gasteiger partial charge in [0.25, 0.3) is 5.91 Å². The molecule has 3 aliphatic heterocycles. The van der Waals surface area contributed by atoms with Gasteiger partial charge in [0.05, 0.1) is 18.1 Å². The van der Waals surface area contributed by atoms with Crippen molar-refractivity contribution in [1.82, 2.24) is 4.90 Å². The molecule has 4 rings (SSSR count). The van der Waals surface area contributed by atoms with Gasteiger partial charge in [-0.25, -0.2) is 0 Å². The summed E-state index contributed by atoms with van der Waals surface area (Å²) in [7, 11) is 0. The van der Waals surface area contributed by atoms with E-state index in [4.69, 9.17) is 9.47 Å². The number of esters is 1. The van der Waals surface area contributed by atoms with Crippen LogP contribution in [0.25, 0.3) is 0 Å². The maximum atomic E-state index is 14.6. The van der Waals surface area contributed by atoms with Crippen LogP contribution >= 0.6 is 0 Å². The lowest BCUT2D eigenvalue weighted by Gasteiger charge is -2.37. The highest BCUT2D eigenvalue weighted by Gasteiger charge is 2.78. The minimum Gasteiger partial charge on any atom is -0.465 e. The SMILES string of the molecule is C=CCCCOC(=O)[C@@H]1[C@H]2C(=O)N(CCCCO)C(C(=O)N(CC=C)c3c(C)cccc3C)C23CC[C@@]1(C)O3. The summed E-state index contributed by atoms with van der Waals surface area (Å²) in [5.74, 6) is -2.51. The molecule has 2 bridgehead atoms. The van der Waals surface area contributed by atoms with Crippen molar-refractivity contribution in [3.05, 3.63) is 54.6 Å². The van der Waals surface area contributed by atoms with Crippen molar-refractivity contribution in [2.24, 2.45) is 11.8 Å². The van der Waals surface area contributed by atoms with E-state index in [1.165, 1.54) is 0 Å². The molecule has 212 valence electrons. The maximum absolute atomic E-state index is 14.6. The molecule has 2 amide bonds. The van der Waals surface area contributed by atoms with Crippen LogP contribution in [0.5, 0.6) is 0 Å². The fraction of sp³-hybridized carbons (Fsp3) is 0.581. The molecule has 1 aromatic carbocycles. The van der Waals surface area contributed by atoms with Crippen molar-refractivity contribution >= 4 is 23.5 Å². The third-order valence-corrected chi connectivity index (χ3v) is 8.66. The molecule has 3 saturated heterocycles. The van der Waals surface area contributed by atoms with E-state index in [1.807, 2.05) is 39.0 Å². The Balaban J connectivity index is 1.75. The number of carbonyl (C=O) groups is 3. The number of anilines is 1. The molecule has 0 aliphatic carbocycles. The van der Waals surface area contributed by atoms with E-state index in [-0.39, 0.29) is 31.6 Å². The Bertz CT molecular complexity index is 1110. The van der Waals surface area contributed by atoms with Crippen LogP contribution in [0.3, 0.4) is 0 Å². The number of unbranched alkanes of at least 4 members (excludes halogenated alkanes) is 2. The number of ether oxygens (including phenoxy) is 2. The summed E-state index contributed by atoms with van der Waals surface area (Å²) >= 11 is 0. The van der Waals surface area contributed by atoms with Crippen molar-refractivity contribution in [3.8, 4) is 0 Å². The zero-order chi connectivity index (χ0) is 28.4. The van der Waals surface area contributed by atoms with Gasteiger partial charge in [0, 0.05) is 25.4 Å². The Hall–Kier alpha value is -2.97. The first-order valence-corrected chi connectivity index (χ1v) is 14.0. The van der Waals surface area contributed by atoms with Crippen molar-refractivity contribution in [2.45, 2.75) is 76.5 Å². The van der Waals surface area contributed by atoms with Crippen molar-refractivity contribution in [3.63, 3.8) is 0 Å². The predicted molar refractivity (Wildman–Crippen MR) is 149 cm³/mol. The first-order valence-electron chi connectivity index (χ1n) is 14.0. The zero-order valence-electron chi connectivity index (χ0n) is 23.5. The van der Waals surface area contributed by atoms with E-state index in [9.17, 15) is 19.5 Å². The number of likely N-dealkylation sites (tertiary alicyclic amines) is 1. The number of rotatable bonds is 13. The standard InChI is InChI=1S/C31H42N2O6/c1-6-8-11-20-38-29(37)24-23-27(35)33(18-9-10-19-34)26(31(23)16-15-30(24,5)39-31)28(36)32(17-7-2)25-21(3)13-12-14-22(25)4/h6-7,12-14,23-24,26,34H,1-2,8-11,15-20H2,3-5H3/t23-,24-,26?,30+,31?/m0/s1. The molecule has 0 aromatic heterocycles. The second-order valence-electron chi connectivity index (χ2n) is 11.3. The summed E-state index contributed by atoms with van der Waals surface area (Å²) in [6.45, 7) is 14.2. The van der Waals surface area contributed by atoms with Crippen LogP contribution in [0.2, 0.25) is 0 Å². The number of hydrogen-bond acceptors (Lipinski definition) is 6. The molecular weight excluding hydrogens is 496 g/mol. The number of aliphatic hydroxyl groups is 1. The Labute approximate surface area is 231 Å². The lowest BCUT2D eigenvalue weighted by Crippen LogP contribution is -2.56. The molecule has 3 heterocycles. The topological polar surface area (TPSA) is 96.4 Å². The second-order valence-corrected chi connectivity index (χ2v) is 11.3. The van der Waals surface area contributed by atoms with Crippen LogP contribution in [0.15, 0.2) is 43.5 Å². The molecule has 3 aliphatic rings. The highest BCUT2D eigenvalue weighted by molar-refractivity contribution is 6.05. The zero-order valence-corrected chi connectivity index (χ0v) is 23.5. The Morgan fingerprint density at radius 1 is 1.18 bits per heavy atom. The lowest BCUT2D eigenvalue weighted by atomic mass is 9.66. The molecular formula is C31H42N2O6. The summed E-state index contributed by atoms with van der Waals surface area (Å²) in [5, 5.41) is 9.40. The highest BCUT2D eigenvalue weighted by Crippen LogP contribution is 2.63. The number of benzene rings is 1. The molecule has 3 fully saturated rings. The summed E-state index contributed by atoms with van der Waals surface area (Å²) < 4.78 is 12.3. The van der Waals surface area contributed by atoms with Crippen LogP contribution in [-0.2, 0) is 23.9 Å². The third kappa shape index (κ3) is 4.93. The molecule has 0 saturated carbocycles. The molecule has 5 atom stereocenters. The van der Waals surface area contributed by atoms with Gasteiger partial charge in [0.2, 0.25) is 5.91 Å². The predicted octanol–water partition coefficient (Wildman–Crippen LogP) is 3.87. The summed E-state index contributed by atoms with van der Waals surface area (Å²) in [5.41, 5.74) is 0.679. The molecule has 8 heteroatoms. The average Bonchev–Trinajstić information content (AvgIpc) is 3.46. The van der Waals surface area contributed by atoms with Gasteiger partial charge in [0.1, 0.15) is 17.6 Å². The molecule has 2 unspecified atom stereocenters. The normalized spacial score (nSPS) is 28.9. The van der Waals surface area contributed by atoms with Gasteiger partial charge >= 0.3 is 5.97 Å². The van der Waals surface area contributed by atoms with Crippen molar-refractivity contribution in [2.75, 3.05) is 31.2 Å². The molecule has 39 heavy (non-hydrogen) atoms. The molecule has 0 radical (unpaired) electrons. The van der Waals surface area contributed by atoms with E-state index in [1.54, 1.807) is 22.0 Å². The number of aliphatic hydroxyl groups excluding tert-OH is 1. The first-order chi connectivity index (χ1) is 18.7. The van der Waals surface area contributed by atoms with Crippen LogP contribution in [-0.4, -0.2) is 71.3 Å². The second kappa shape index (κ2) is 11.6. The number of nitrogens with zero attached hydrogens (tertiary/aromatic N) is 2. The molecule has 8 nitrogen and oxygen atoms in total. The number of para-hydroxylation sites is 1. The van der Waals surface area contributed by atoms with Gasteiger partial charge in [-0.15, -0.1) is 13.2 Å². The van der Waals surface area contributed by atoms with Crippen LogP contribution < -0.4 is 4.90 Å². The van der Waals surface area contributed by atoms with E-state index < -0.39 is 35.0 Å². The molecule has 1 spiro atoms. The highest BCUT2D eigenvalue weighted by atomic mass is 16.6. The number of carbonyl (C=O) groups excluding carboxylic acids is 3. The minimum atomic E-state index is -1.12. The number of hydrogen-bond donors (Lipinski definition) is 1. The number of fused-ring (bicyclic) bond motifs is 1. The maximum Gasteiger partial charge on any atom is 0.312 e. The molecule has 1 N–H and O–H groups in total. The Kier molecular flexibility index (Phi) is 8.66. The van der Waals surface area contributed by atoms with Crippen LogP contribution in [0.1, 0.15) is 56.6 Å². The average molecular weight is 539 g/mol. The van der Waals surface area contributed by atoms with Crippen LogP contribution in [0.4, 0.5) is 5.69 Å². The van der Waals surface area contributed by atoms with E-state index in [0.29, 0.717) is 38.6 Å². The quantitative estimate of drug-likeness (QED) is 0.233. The van der Waals surface area contributed by atoms with Gasteiger partial charge in [-0.2, -0.15) is 0 Å². The van der Waals surface area contributed by atoms with Gasteiger partial charge in [-0.1, -0.05) is 30.4 Å². The van der Waals surface area contributed by atoms with Gasteiger partial charge in [-0.05, 0) is 70.4 Å². The Morgan fingerprint density at radius 3 is 2.54 bits per heavy atom. The van der Waals surface area contributed by atoms with Crippen molar-refractivity contribution < 1.29 is 29.0 Å². The van der Waals surface area contributed by atoms with Crippen molar-refractivity contribution in [1.29, 1.82) is 0 Å². The third-order valence-electron chi connectivity index (χ3n) is 8.66. The number of amides is 2. The van der Waals surface area contributed by atoms with Gasteiger partial charge < -0.3 is 24.4 Å². The first kappa shape index (κ1) is 29.0. The summed E-state index contributed by atoms with van der Waals surface area (Å²) in [6.07, 6.45) is 6.94. The van der Waals surface area contributed by atoms with Gasteiger partial charge in [-0.3, -0.25) is 14.4 Å². The number of allylic oxidation sites excluding steroid dienone is 1. The fourth-order valence-electron chi connectivity index (χ4n) is 6.99. The summed E-state index contributed by atoms with van der Waals surface area (Å²) in [4.78, 5) is 45.5. The van der Waals surface area contributed by atoms with E-state index in [2.05, 4.69) is 13.2 Å². The summed E-state index contributed by atoms with van der Waals surface area (Å²) in [6, 6.07) is 4.98. The smallest absolute Gasteiger partial charge is 0.312 e. The fourth-order valence-corrected chi connectivity index (χ4v) is 6.99. The van der Waals surface area contributed by atoms with Crippen LogP contribution in [0, 0.1) is 25.7 Å². The monoisotopic (exact) mass is 538 g/mol. The van der Waals surface area contributed by atoms with E-state index >= 15 is 0 Å².